The fourth-order valence-corrected chi connectivity index (χ4v) is 1.72. The third-order valence-corrected chi connectivity index (χ3v) is 2.86. The highest BCUT2D eigenvalue weighted by molar-refractivity contribution is 6.32. The molecule has 0 aliphatic carbocycles. The number of benzene rings is 1. The monoisotopic (exact) mass is 266 g/mol. The molecule has 2 rings (SSSR count). The topological polar surface area (TPSA) is 73.0 Å². The molecule has 0 saturated heterocycles. The second-order valence-electron chi connectivity index (χ2n) is 3.72. The Morgan fingerprint density at radius 3 is 2.89 bits per heavy atom. The van der Waals surface area contributed by atoms with Gasteiger partial charge in [-0.05, 0) is 18.2 Å². The maximum absolute atomic E-state index is 10.7. The largest absolute Gasteiger partial charge is 0.379 e. The molecule has 94 valence electrons. The first kappa shape index (κ1) is 12.4. The van der Waals surface area contributed by atoms with E-state index in [9.17, 15) is 10.1 Å². The first-order valence-corrected chi connectivity index (χ1v) is 5.60. The van der Waals surface area contributed by atoms with Gasteiger partial charge in [0, 0.05) is 25.0 Å². The van der Waals surface area contributed by atoms with Gasteiger partial charge in [-0.25, -0.2) is 0 Å². The Kier molecular flexibility index (Phi) is 3.47. The molecule has 7 heteroatoms. The van der Waals surface area contributed by atoms with Gasteiger partial charge in [-0.1, -0.05) is 11.6 Å². The summed E-state index contributed by atoms with van der Waals surface area (Å²) in [6.45, 7) is 0.537. The van der Waals surface area contributed by atoms with Gasteiger partial charge < -0.3 is 5.32 Å². The van der Waals surface area contributed by atoms with Crippen molar-refractivity contribution in [1.29, 1.82) is 0 Å². The fraction of sp³-hybridized carbons (Fsp3) is 0.182. The van der Waals surface area contributed by atoms with Crippen molar-refractivity contribution >= 4 is 23.0 Å². The Morgan fingerprint density at radius 1 is 1.50 bits per heavy atom. The van der Waals surface area contributed by atoms with E-state index in [-0.39, 0.29) is 10.7 Å². The van der Waals surface area contributed by atoms with Crippen LogP contribution in [0.1, 0.15) is 5.69 Å². The van der Waals surface area contributed by atoms with Gasteiger partial charge in [0.2, 0.25) is 0 Å². The van der Waals surface area contributed by atoms with Crippen molar-refractivity contribution in [3.8, 4) is 0 Å². The van der Waals surface area contributed by atoms with E-state index in [1.807, 2.05) is 13.1 Å². The molecule has 1 heterocycles. The number of aromatic nitrogens is 2. The van der Waals surface area contributed by atoms with Crippen molar-refractivity contribution in [2.75, 3.05) is 5.32 Å². The second-order valence-corrected chi connectivity index (χ2v) is 4.13. The Morgan fingerprint density at radius 2 is 2.28 bits per heavy atom. The molecule has 0 fully saturated rings. The SMILES string of the molecule is Cn1nccc1CNc1ccc(Cl)c([N+](=O)[O-])c1. The van der Waals surface area contributed by atoms with Crippen molar-refractivity contribution in [1.82, 2.24) is 9.78 Å². The average Bonchev–Trinajstić information content (AvgIpc) is 2.73. The number of rotatable bonds is 4. The third-order valence-electron chi connectivity index (χ3n) is 2.54. The number of halogens is 1. The lowest BCUT2D eigenvalue weighted by atomic mass is 10.2. The van der Waals surface area contributed by atoms with E-state index in [0.717, 1.165) is 5.69 Å². The number of hydrogen-bond donors (Lipinski definition) is 1. The smallest absolute Gasteiger partial charge is 0.289 e. The quantitative estimate of drug-likeness (QED) is 0.682. The average molecular weight is 267 g/mol. The standard InChI is InChI=1S/C11H11ClN4O2/c1-15-9(4-5-14-15)7-13-8-2-3-10(12)11(6-8)16(17)18/h2-6,13H,7H2,1H3. The number of anilines is 1. The number of nitrogens with one attached hydrogen (secondary N) is 1. The van der Waals surface area contributed by atoms with Crippen LogP contribution in [-0.4, -0.2) is 14.7 Å². The number of aryl methyl sites for hydroxylation is 1. The summed E-state index contributed by atoms with van der Waals surface area (Å²) < 4.78 is 1.73. The van der Waals surface area contributed by atoms with Gasteiger partial charge in [0.1, 0.15) is 5.02 Å². The molecular weight excluding hydrogens is 256 g/mol. The molecule has 2 aromatic rings. The Labute approximate surface area is 108 Å². The number of nitrogens with zero attached hydrogens (tertiary/aromatic N) is 3. The minimum absolute atomic E-state index is 0.105. The molecule has 1 aromatic carbocycles. The molecule has 0 unspecified atom stereocenters. The van der Waals surface area contributed by atoms with E-state index >= 15 is 0 Å². The summed E-state index contributed by atoms with van der Waals surface area (Å²) in [6, 6.07) is 6.49. The first-order chi connectivity index (χ1) is 8.58. The predicted octanol–water partition coefficient (Wildman–Crippen LogP) is 2.59. The van der Waals surface area contributed by atoms with Crippen LogP contribution in [0.5, 0.6) is 0 Å². The van der Waals surface area contributed by atoms with Crippen molar-refractivity contribution < 1.29 is 4.92 Å². The van der Waals surface area contributed by atoms with E-state index in [2.05, 4.69) is 10.4 Å². The first-order valence-electron chi connectivity index (χ1n) is 5.22. The lowest BCUT2D eigenvalue weighted by molar-refractivity contribution is -0.384. The van der Waals surface area contributed by atoms with Gasteiger partial charge in [-0.3, -0.25) is 14.8 Å². The van der Waals surface area contributed by atoms with Crippen LogP contribution >= 0.6 is 11.6 Å². The molecule has 0 aliphatic heterocycles. The van der Waals surface area contributed by atoms with Crippen LogP contribution in [0.3, 0.4) is 0 Å². The Hall–Kier alpha value is -2.08. The summed E-state index contributed by atoms with van der Waals surface area (Å²) in [4.78, 5) is 10.2. The molecular formula is C11H11ClN4O2. The van der Waals surface area contributed by atoms with Crippen molar-refractivity contribution in [2.24, 2.45) is 7.05 Å². The normalized spacial score (nSPS) is 10.3. The molecule has 0 atom stereocenters. The lowest BCUT2D eigenvalue weighted by Crippen LogP contribution is -2.05. The van der Waals surface area contributed by atoms with Crippen LogP contribution in [0.2, 0.25) is 5.02 Å². The van der Waals surface area contributed by atoms with Crippen LogP contribution < -0.4 is 5.32 Å². The van der Waals surface area contributed by atoms with Crippen LogP contribution in [0.4, 0.5) is 11.4 Å². The zero-order valence-electron chi connectivity index (χ0n) is 9.63. The number of nitro benzene ring substituents is 1. The molecule has 0 saturated carbocycles. The number of nitro groups is 1. The molecule has 0 bridgehead atoms. The third kappa shape index (κ3) is 2.60. The molecule has 1 aromatic heterocycles. The minimum atomic E-state index is -0.502. The molecule has 18 heavy (non-hydrogen) atoms. The molecule has 1 N–H and O–H groups in total. The van der Waals surface area contributed by atoms with Crippen LogP contribution in [-0.2, 0) is 13.6 Å². The maximum atomic E-state index is 10.7. The summed E-state index contributed by atoms with van der Waals surface area (Å²) in [5, 5.41) is 18.0. The van der Waals surface area contributed by atoms with Gasteiger partial charge in [0.05, 0.1) is 17.2 Å². The number of hydrogen-bond acceptors (Lipinski definition) is 4. The van der Waals surface area contributed by atoms with Crippen molar-refractivity contribution in [2.45, 2.75) is 6.54 Å². The van der Waals surface area contributed by atoms with E-state index in [1.165, 1.54) is 12.1 Å². The molecule has 0 amide bonds. The van der Waals surface area contributed by atoms with Gasteiger partial charge in [-0.15, -0.1) is 0 Å². The second kappa shape index (κ2) is 5.05. The van der Waals surface area contributed by atoms with Crippen LogP contribution in [0, 0.1) is 10.1 Å². The molecule has 0 radical (unpaired) electrons. The summed E-state index contributed by atoms with van der Waals surface area (Å²) in [5.74, 6) is 0. The summed E-state index contributed by atoms with van der Waals surface area (Å²) in [5.41, 5.74) is 1.52. The zero-order chi connectivity index (χ0) is 13.1. The summed E-state index contributed by atoms with van der Waals surface area (Å²) in [6.07, 6.45) is 1.70. The zero-order valence-corrected chi connectivity index (χ0v) is 10.4. The highest BCUT2D eigenvalue weighted by Crippen LogP contribution is 2.27. The van der Waals surface area contributed by atoms with Gasteiger partial charge in [-0.2, -0.15) is 5.10 Å². The van der Waals surface area contributed by atoms with Crippen LogP contribution in [0.25, 0.3) is 0 Å². The summed E-state index contributed by atoms with van der Waals surface area (Å²) in [7, 11) is 1.83. The fourth-order valence-electron chi connectivity index (χ4n) is 1.53. The highest BCUT2D eigenvalue weighted by atomic mass is 35.5. The van der Waals surface area contributed by atoms with E-state index in [0.29, 0.717) is 12.2 Å². The highest BCUT2D eigenvalue weighted by Gasteiger charge is 2.12. The lowest BCUT2D eigenvalue weighted by Gasteiger charge is -2.07. The molecule has 6 nitrogen and oxygen atoms in total. The summed E-state index contributed by atoms with van der Waals surface area (Å²) >= 11 is 5.73. The van der Waals surface area contributed by atoms with Gasteiger partial charge >= 0.3 is 0 Å². The Balaban J connectivity index is 2.13. The van der Waals surface area contributed by atoms with E-state index in [1.54, 1.807) is 16.9 Å². The molecule has 0 spiro atoms. The maximum Gasteiger partial charge on any atom is 0.289 e. The van der Waals surface area contributed by atoms with Crippen LogP contribution in [0.15, 0.2) is 30.5 Å². The molecule has 0 aliphatic rings. The van der Waals surface area contributed by atoms with E-state index < -0.39 is 4.92 Å². The van der Waals surface area contributed by atoms with Gasteiger partial charge in [0.25, 0.3) is 5.69 Å². The predicted molar refractivity (Wildman–Crippen MR) is 68.6 cm³/mol. The minimum Gasteiger partial charge on any atom is -0.379 e. The van der Waals surface area contributed by atoms with Gasteiger partial charge in [0.15, 0.2) is 0 Å². The van der Waals surface area contributed by atoms with Crippen molar-refractivity contribution in [3.63, 3.8) is 0 Å². The van der Waals surface area contributed by atoms with Crippen molar-refractivity contribution in [3.05, 3.63) is 51.3 Å². The van der Waals surface area contributed by atoms with E-state index in [4.69, 9.17) is 11.6 Å². The Bertz CT molecular complexity index is 582.